The Kier molecular flexibility index (Phi) is 4.41. The number of primary amides is 1. The van der Waals surface area contributed by atoms with Crippen LogP contribution in [0.1, 0.15) is 55.5 Å². The number of ether oxygens (including phenoxy) is 1. The standard InChI is InChI=1S/C22H31N3O3/c1-7-8-9-10-15-14(4)18(12-17(15)24-25-21(23)27)28-20(26)19-16(11-13(2)3)22(19,5)6/h7-9,11,16,18-19H,1,10,12H2,2-6H3,(H3,23,25,27)/b9-8-,24-17+/t16-,18+,19+/m1/s1/i2D3,3D3. The minimum absolute atomic E-state index is 0.235. The number of hydrazone groups is 1. The average Bonchev–Trinajstić information content (AvgIpc) is 3.10. The van der Waals surface area contributed by atoms with Gasteiger partial charge in [-0.1, -0.05) is 50.3 Å². The average molecular weight is 392 g/mol. The van der Waals surface area contributed by atoms with Crippen molar-refractivity contribution in [2.45, 2.75) is 53.4 Å². The number of nitrogens with zero attached hydrogens (tertiary/aromatic N) is 1. The predicted molar refractivity (Wildman–Crippen MR) is 111 cm³/mol. The summed E-state index contributed by atoms with van der Waals surface area (Å²) in [4.78, 5) is 24.1. The zero-order chi connectivity index (χ0) is 26.1. The van der Waals surface area contributed by atoms with E-state index < -0.39 is 54.6 Å². The monoisotopic (exact) mass is 391 g/mol. The first-order valence-corrected chi connectivity index (χ1v) is 9.04. The topological polar surface area (TPSA) is 93.8 Å². The first kappa shape index (κ1) is 14.4. The predicted octanol–water partition coefficient (Wildman–Crippen LogP) is 4.01. The fourth-order valence-electron chi connectivity index (χ4n) is 3.63. The molecule has 0 radical (unpaired) electrons. The molecule has 2 aliphatic rings. The molecule has 3 atom stereocenters. The molecule has 1 saturated carbocycles. The highest BCUT2D eigenvalue weighted by atomic mass is 16.5. The summed E-state index contributed by atoms with van der Waals surface area (Å²) in [6, 6.07) is -0.819. The van der Waals surface area contributed by atoms with Crippen molar-refractivity contribution in [1.29, 1.82) is 0 Å². The van der Waals surface area contributed by atoms with Crippen molar-refractivity contribution in [3.63, 3.8) is 0 Å². The van der Waals surface area contributed by atoms with Gasteiger partial charge in [-0.2, -0.15) is 5.10 Å². The van der Waals surface area contributed by atoms with E-state index in [9.17, 15) is 9.59 Å². The molecule has 28 heavy (non-hydrogen) atoms. The molecule has 0 heterocycles. The second-order valence-corrected chi connectivity index (χ2v) is 7.60. The molecule has 0 aliphatic heterocycles. The van der Waals surface area contributed by atoms with Gasteiger partial charge in [-0.05, 0) is 49.5 Å². The molecule has 2 aliphatic carbocycles. The van der Waals surface area contributed by atoms with Crippen LogP contribution in [0, 0.1) is 17.3 Å². The van der Waals surface area contributed by atoms with Crippen molar-refractivity contribution in [3.8, 4) is 0 Å². The number of urea groups is 1. The highest BCUT2D eigenvalue weighted by molar-refractivity contribution is 6.04. The number of hydrogen-bond donors (Lipinski definition) is 2. The zero-order valence-corrected chi connectivity index (χ0v) is 16.4. The molecule has 3 N–H and O–H groups in total. The fraction of sp³-hybridized carbons (Fsp3) is 0.500. The van der Waals surface area contributed by atoms with Crippen LogP contribution in [0.5, 0.6) is 0 Å². The first-order valence-electron chi connectivity index (χ1n) is 12.0. The number of nitrogens with two attached hydrogens (primary N) is 1. The summed E-state index contributed by atoms with van der Waals surface area (Å²) in [7, 11) is 0. The van der Waals surface area contributed by atoms with Crippen LogP contribution in [0.4, 0.5) is 4.79 Å². The second kappa shape index (κ2) is 8.59. The van der Waals surface area contributed by atoms with Crippen LogP contribution in [0.3, 0.4) is 0 Å². The van der Waals surface area contributed by atoms with Crippen LogP contribution in [0.15, 0.2) is 52.7 Å². The lowest BCUT2D eigenvalue weighted by molar-refractivity contribution is -0.149. The van der Waals surface area contributed by atoms with Crippen molar-refractivity contribution >= 4 is 17.7 Å². The summed E-state index contributed by atoms with van der Waals surface area (Å²) in [5.74, 6) is -1.81. The summed E-state index contributed by atoms with van der Waals surface area (Å²) < 4.78 is 51.2. The van der Waals surface area contributed by atoms with E-state index in [1.807, 2.05) is 6.08 Å². The van der Waals surface area contributed by atoms with E-state index in [0.717, 1.165) is 11.1 Å². The molecule has 0 saturated heterocycles. The van der Waals surface area contributed by atoms with Crippen molar-refractivity contribution in [2.75, 3.05) is 0 Å². The minimum Gasteiger partial charge on any atom is -0.457 e. The molecule has 0 aromatic heterocycles. The van der Waals surface area contributed by atoms with E-state index >= 15 is 0 Å². The molecular formula is C22H31N3O3. The van der Waals surface area contributed by atoms with E-state index in [4.69, 9.17) is 18.7 Å². The van der Waals surface area contributed by atoms with Gasteiger partial charge in [0.25, 0.3) is 0 Å². The van der Waals surface area contributed by atoms with E-state index in [0.29, 0.717) is 12.1 Å². The molecule has 6 heteroatoms. The minimum atomic E-state index is -2.80. The largest absolute Gasteiger partial charge is 0.457 e. The number of carbonyl (C=O) groups is 2. The SMILES string of the molecule is [2H]C([2H])([2H])C(=C[C@@H]1[C@@H](C(=O)O[C@H]2C/C(=N\NC(N)=O)C(C/C=C\C=C)=C2C)C1(C)C)C([2H])([2H])[2H]. The van der Waals surface area contributed by atoms with Gasteiger partial charge in [0.05, 0.1) is 11.6 Å². The Labute approximate surface area is 175 Å². The van der Waals surface area contributed by atoms with Crippen molar-refractivity contribution in [3.05, 3.63) is 47.6 Å². The van der Waals surface area contributed by atoms with Gasteiger partial charge in [-0.15, -0.1) is 0 Å². The van der Waals surface area contributed by atoms with Crippen LogP contribution >= 0.6 is 0 Å². The number of rotatable bonds is 7. The Morgan fingerprint density at radius 2 is 2.18 bits per heavy atom. The third kappa shape index (κ3) is 4.80. The van der Waals surface area contributed by atoms with Crippen molar-refractivity contribution < 1.29 is 22.6 Å². The Balaban J connectivity index is 2.26. The summed E-state index contributed by atoms with van der Waals surface area (Å²) in [5, 5.41) is 4.04. The number of carbonyl (C=O) groups excluding carboxylic acids is 2. The fourth-order valence-corrected chi connectivity index (χ4v) is 3.63. The molecule has 6 nitrogen and oxygen atoms in total. The van der Waals surface area contributed by atoms with Gasteiger partial charge in [-0.3, -0.25) is 4.79 Å². The normalized spacial score (nSPS) is 31.1. The van der Waals surface area contributed by atoms with Crippen LogP contribution < -0.4 is 11.2 Å². The van der Waals surface area contributed by atoms with Crippen molar-refractivity contribution in [1.82, 2.24) is 5.43 Å². The van der Waals surface area contributed by atoms with Gasteiger partial charge in [0.15, 0.2) is 0 Å². The maximum absolute atomic E-state index is 13.0. The molecule has 1 fully saturated rings. The molecule has 0 unspecified atom stereocenters. The van der Waals surface area contributed by atoms with Crippen LogP contribution in [0.2, 0.25) is 0 Å². The number of amides is 2. The third-order valence-corrected chi connectivity index (χ3v) is 5.35. The van der Waals surface area contributed by atoms with E-state index in [1.54, 1.807) is 32.9 Å². The molecule has 0 aromatic rings. The van der Waals surface area contributed by atoms with Gasteiger partial charge >= 0.3 is 12.0 Å². The lowest BCUT2D eigenvalue weighted by atomic mass is 10.1. The van der Waals surface area contributed by atoms with E-state index in [-0.39, 0.29) is 6.42 Å². The molecule has 0 spiro atoms. The van der Waals surface area contributed by atoms with Gasteiger partial charge < -0.3 is 10.5 Å². The number of nitrogens with one attached hydrogen (secondary N) is 1. The zero-order valence-electron chi connectivity index (χ0n) is 22.4. The van der Waals surface area contributed by atoms with Crippen molar-refractivity contribution in [2.24, 2.45) is 28.1 Å². The maximum Gasteiger partial charge on any atom is 0.332 e. The van der Waals surface area contributed by atoms with Gasteiger partial charge in [0.1, 0.15) is 6.10 Å². The molecule has 0 bridgehead atoms. The molecular weight excluding hydrogens is 354 g/mol. The highest BCUT2D eigenvalue weighted by Gasteiger charge is 2.61. The summed E-state index contributed by atoms with van der Waals surface area (Å²) in [5.41, 5.74) is 8.10. The highest BCUT2D eigenvalue weighted by Crippen LogP contribution is 2.60. The quantitative estimate of drug-likeness (QED) is 0.297. The number of hydrogen-bond acceptors (Lipinski definition) is 4. The summed E-state index contributed by atoms with van der Waals surface area (Å²) in [6.07, 6.45) is 6.51. The van der Waals surface area contributed by atoms with Gasteiger partial charge in [0, 0.05) is 14.6 Å². The van der Waals surface area contributed by atoms with Crippen LogP contribution in [-0.4, -0.2) is 23.8 Å². The number of allylic oxidation sites excluding steroid dienone is 6. The maximum atomic E-state index is 13.0. The molecule has 2 rings (SSSR count). The lowest BCUT2D eigenvalue weighted by Gasteiger charge is -2.14. The summed E-state index contributed by atoms with van der Waals surface area (Å²) in [6.45, 7) is 3.37. The first-order chi connectivity index (χ1) is 15.5. The lowest BCUT2D eigenvalue weighted by Crippen LogP contribution is -2.26. The number of esters is 1. The molecule has 0 aromatic carbocycles. The Bertz CT molecular complexity index is 957. The molecule has 2 amide bonds. The Morgan fingerprint density at radius 3 is 2.79 bits per heavy atom. The van der Waals surface area contributed by atoms with Gasteiger partial charge in [-0.25, -0.2) is 10.2 Å². The smallest absolute Gasteiger partial charge is 0.332 e. The third-order valence-electron chi connectivity index (χ3n) is 5.35. The summed E-state index contributed by atoms with van der Waals surface area (Å²) >= 11 is 0. The second-order valence-electron chi connectivity index (χ2n) is 7.60. The van der Waals surface area contributed by atoms with E-state index in [1.165, 1.54) is 6.08 Å². The Hall–Kier alpha value is -2.63. The van der Waals surface area contributed by atoms with E-state index in [2.05, 4.69) is 17.1 Å². The Morgan fingerprint density at radius 1 is 1.46 bits per heavy atom. The van der Waals surface area contributed by atoms with Crippen LogP contribution in [0.25, 0.3) is 0 Å². The molecule has 152 valence electrons. The van der Waals surface area contributed by atoms with Crippen LogP contribution in [-0.2, 0) is 9.53 Å². The van der Waals surface area contributed by atoms with Gasteiger partial charge in [0.2, 0.25) is 0 Å².